The third-order valence-corrected chi connectivity index (χ3v) is 5.18. The molecule has 1 saturated carbocycles. The van der Waals surface area contributed by atoms with Crippen molar-refractivity contribution in [1.82, 2.24) is 10.0 Å². The Morgan fingerprint density at radius 3 is 2.50 bits per heavy atom. The van der Waals surface area contributed by atoms with Gasteiger partial charge in [-0.15, -0.1) is 0 Å². The first kappa shape index (κ1) is 12.3. The normalized spacial score (nSPS) is 28.4. The quantitative estimate of drug-likeness (QED) is 0.773. The van der Waals surface area contributed by atoms with E-state index in [1.165, 1.54) is 12.8 Å². The maximum absolute atomic E-state index is 11.9. The van der Waals surface area contributed by atoms with Crippen molar-refractivity contribution in [3.8, 4) is 0 Å². The summed E-state index contributed by atoms with van der Waals surface area (Å²) in [5, 5.41) is 3.22. The Kier molecular flexibility index (Phi) is 4.21. The Labute approximate surface area is 98.2 Å². The average molecular weight is 246 g/mol. The monoisotopic (exact) mass is 246 g/mol. The second-order valence-electron chi connectivity index (χ2n) is 5.09. The van der Waals surface area contributed by atoms with Crippen molar-refractivity contribution in [2.24, 2.45) is 5.92 Å². The van der Waals surface area contributed by atoms with Gasteiger partial charge in [-0.1, -0.05) is 12.8 Å². The maximum Gasteiger partial charge on any atom is 0.212 e. The molecule has 5 heteroatoms. The number of hydrogen-bond donors (Lipinski definition) is 2. The van der Waals surface area contributed by atoms with Crippen LogP contribution in [0.3, 0.4) is 0 Å². The third-order valence-electron chi connectivity index (χ3n) is 3.57. The smallest absolute Gasteiger partial charge is 0.212 e. The second-order valence-corrected chi connectivity index (χ2v) is 6.89. The van der Waals surface area contributed by atoms with Gasteiger partial charge in [-0.3, -0.25) is 0 Å². The predicted octanol–water partition coefficient (Wildman–Crippen LogP) is 0.848. The first-order valence-electron chi connectivity index (χ1n) is 6.36. The van der Waals surface area contributed by atoms with Crippen molar-refractivity contribution in [2.75, 3.05) is 18.8 Å². The molecule has 0 amide bonds. The van der Waals surface area contributed by atoms with E-state index in [-0.39, 0.29) is 6.04 Å². The molecule has 2 rings (SSSR count). The Hall–Kier alpha value is -0.130. The molecule has 1 aliphatic heterocycles. The zero-order valence-electron chi connectivity index (χ0n) is 9.74. The topological polar surface area (TPSA) is 58.2 Å². The van der Waals surface area contributed by atoms with Crippen molar-refractivity contribution in [1.29, 1.82) is 0 Å². The average Bonchev–Trinajstić information content (AvgIpc) is 2.70. The van der Waals surface area contributed by atoms with Crippen LogP contribution in [0, 0.1) is 5.92 Å². The zero-order valence-corrected chi connectivity index (χ0v) is 10.6. The summed E-state index contributed by atoms with van der Waals surface area (Å²) in [6.07, 6.45) is 6.61. The molecule has 0 aromatic carbocycles. The molecular formula is C11H22N2O2S. The molecule has 0 unspecified atom stereocenters. The van der Waals surface area contributed by atoms with Crippen LogP contribution in [-0.4, -0.2) is 33.3 Å². The van der Waals surface area contributed by atoms with E-state index in [9.17, 15) is 8.42 Å². The van der Waals surface area contributed by atoms with Gasteiger partial charge in [0.15, 0.2) is 0 Å². The van der Waals surface area contributed by atoms with Gasteiger partial charge in [0, 0.05) is 12.6 Å². The molecule has 1 aliphatic carbocycles. The van der Waals surface area contributed by atoms with Gasteiger partial charge < -0.3 is 5.32 Å². The summed E-state index contributed by atoms with van der Waals surface area (Å²) in [5.74, 6) is 0.734. The molecule has 94 valence electrons. The van der Waals surface area contributed by atoms with Crippen molar-refractivity contribution in [3.05, 3.63) is 0 Å². The lowest BCUT2D eigenvalue weighted by Gasteiger charge is -2.24. The van der Waals surface area contributed by atoms with Gasteiger partial charge >= 0.3 is 0 Å². The van der Waals surface area contributed by atoms with E-state index in [0.29, 0.717) is 11.7 Å². The van der Waals surface area contributed by atoms with E-state index >= 15 is 0 Å². The van der Waals surface area contributed by atoms with Crippen LogP contribution in [0.1, 0.15) is 38.5 Å². The Morgan fingerprint density at radius 1 is 1.12 bits per heavy atom. The molecule has 0 bridgehead atoms. The van der Waals surface area contributed by atoms with Crippen LogP contribution in [0.25, 0.3) is 0 Å². The van der Waals surface area contributed by atoms with Crippen molar-refractivity contribution >= 4 is 10.0 Å². The van der Waals surface area contributed by atoms with Gasteiger partial charge in [0.25, 0.3) is 0 Å². The molecule has 2 aliphatic rings. The minimum Gasteiger partial charge on any atom is -0.315 e. The summed E-state index contributed by atoms with van der Waals surface area (Å²) in [7, 11) is -3.05. The molecule has 0 aromatic heterocycles. The molecule has 0 spiro atoms. The van der Waals surface area contributed by atoms with E-state index < -0.39 is 10.0 Å². The highest BCUT2D eigenvalue weighted by Gasteiger charge is 2.25. The van der Waals surface area contributed by atoms with Crippen molar-refractivity contribution < 1.29 is 8.42 Å². The fourth-order valence-electron chi connectivity index (χ4n) is 2.74. The van der Waals surface area contributed by atoms with E-state index in [1.807, 2.05) is 0 Å². The number of nitrogens with one attached hydrogen (secondary N) is 2. The van der Waals surface area contributed by atoms with Crippen LogP contribution in [0.5, 0.6) is 0 Å². The molecule has 0 radical (unpaired) electrons. The fraction of sp³-hybridized carbons (Fsp3) is 1.00. The van der Waals surface area contributed by atoms with E-state index in [2.05, 4.69) is 10.0 Å². The standard InChI is InChI=1S/C11H22N2O2S/c14-16(15,9-10-4-1-2-5-10)13-11-6-3-7-12-8-11/h10-13H,1-9H2/t11-/m0/s1. The predicted molar refractivity (Wildman–Crippen MR) is 64.8 cm³/mol. The van der Waals surface area contributed by atoms with Crippen molar-refractivity contribution in [2.45, 2.75) is 44.6 Å². The Bertz CT molecular complexity index is 304. The number of rotatable bonds is 4. The highest BCUT2D eigenvalue weighted by atomic mass is 32.2. The highest BCUT2D eigenvalue weighted by molar-refractivity contribution is 7.89. The lowest BCUT2D eigenvalue weighted by molar-refractivity contribution is 0.426. The molecule has 1 heterocycles. The first-order valence-corrected chi connectivity index (χ1v) is 8.02. The zero-order chi connectivity index (χ0) is 11.4. The van der Waals surface area contributed by atoms with Gasteiger partial charge in [-0.2, -0.15) is 0 Å². The molecule has 16 heavy (non-hydrogen) atoms. The summed E-state index contributed by atoms with van der Waals surface area (Å²) in [4.78, 5) is 0. The van der Waals surface area contributed by atoms with Gasteiger partial charge in [0.1, 0.15) is 0 Å². The number of hydrogen-bond acceptors (Lipinski definition) is 3. The number of sulfonamides is 1. The van der Waals surface area contributed by atoms with E-state index in [1.54, 1.807) is 0 Å². The largest absolute Gasteiger partial charge is 0.315 e. The SMILES string of the molecule is O=S(=O)(CC1CCCC1)N[C@H]1CCCNC1. The minimum atomic E-state index is -3.05. The maximum atomic E-state index is 11.9. The van der Waals surface area contributed by atoms with Crippen LogP contribution in [0.15, 0.2) is 0 Å². The Balaban J connectivity index is 1.81. The van der Waals surface area contributed by atoms with Gasteiger partial charge in [0.05, 0.1) is 5.75 Å². The van der Waals surface area contributed by atoms with Gasteiger partial charge in [-0.25, -0.2) is 13.1 Å². The van der Waals surface area contributed by atoms with Gasteiger partial charge in [0.2, 0.25) is 10.0 Å². The second kappa shape index (κ2) is 5.47. The lowest BCUT2D eigenvalue weighted by atomic mass is 10.1. The fourth-order valence-corrected chi connectivity index (χ4v) is 4.50. The van der Waals surface area contributed by atoms with Crippen LogP contribution < -0.4 is 10.0 Å². The summed E-state index contributed by atoms with van der Waals surface area (Å²) in [5.41, 5.74) is 0. The molecule has 1 atom stereocenters. The van der Waals surface area contributed by atoms with Crippen LogP contribution >= 0.6 is 0 Å². The lowest BCUT2D eigenvalue weighted by Crippen LogP contribution is -2.46. The molecule has 0 aromatic rings. The molecule has 2 N–H and O–H groups in total. The Morgan fingerprint density at radius 2 is 1.88 bits per heavy atom. The first-order chi connectivity index (χ1) is 7.66. The van der Waals surface area contributed by atoms with Gasteiger partial charge in [-0.05, 0) is 38.1 Å². The molecular weight excluding hydrogens is 224 g/mol. The summed E-state index contributed by atoms with van der Waals surface area (Å²) < 4.78 is 26.7. The molecule has 4 nitrogen and oxygen atoms in total. The van der Waals surface area contributed by atoms with Crippen LogP contribution in [0.4, 0.5) is 0 Å². The minimum absolute atomic E-state index is 0.111. The van der Waals surface area contributed by atoms with E-state index in [0.717, 1.165) is 38.8 Å². The van der Waals surface area contributed by atoms with Crippen LogP contribution in [-0.2, 0) is 10.0 Å². The van der Waals surface area contributed by atoms with Crippen molar-refractivity contribution in [3.63, 3.8) is 0 Å². The number of piperidine rings is 1. The van der Waals surface area contributed by atoms with Crippen LogP contribution in [0.2, 0.25) is 0 Å². The summed E-state index contributed by atoms with van der Waals surface area (Å²) in [6, 6.07) is 0.111. The summed E-state index contributed by atoms with van der Waals surface area (Å²) in [6.45, 7) is 1.80. The highest BCUT2D eigenvalue weighted by Crippen LogP contribution is 2.25. The third kappa shape index (κ3) is 3.71. The van der Waals surface area contributed by atoms with E-state index in [4.69, 9.17) is 0 Å². The molecule has 1 saturated heterocycles. The molecule has 2 fully saturated rings. The summed E-state index contributed by atoms with van der Waals surface area (Å²) >= 11 is 0.